The molecule has 1 N–H and O–H groups in total. The minimum Gasteiger partial charge on any atom is -0.319 e. The van der Waals surface area contributed by atoms with Crippen LogP contribution in [0.15, 0.2) is 65.8 Å². The number of carbonyl (C=O) groups excluding carboxylic acids is 1. The first-order valence-electron chi connectivity index (χ1n) is 7.92. The largest absolute Gasteiger partial charge is 0.319 e. The first-order valence-corrected chi connectivity index (χ1v) is 9.36. The Balaban J connectivity index is 1.86. The molecule has 140 valence electrons. The molecule has 0 spiro atoms. The molecule has 2 aromatic carbocycles. The molecule has 0 unspecified atom stereocenters. The van der Waals surface area contributed by atoms with E-state index in [1.165, 1.54) is 31.2 Å². The molecule has 0 aliphatic rings. The van der Waals surface area contributed by atoms with Crippen LogP contribution in [0.3, 0.4) is 0 Å². The standard InChI is InChI=1S/C18H17FN4O3S/c1-22(2)27(25,26)15-8-9-16(19)17(10-15)21-18(24)13-11-20-23(12-13)14-6-4-3-5-7-14/h3-12H,1-2H3,(H,21,24). The number of hydrogen-bond acceptors (Lipinski definition) is 4. The molecule has 9 heteroatoms. The van der Waals surface area contributed by atoms with Crippen molar-refractivity contribution in [1.82, 2.24) is 14.1 Å². The fourth-order valence-electron chi connectivity index (χ4n) is 2.33. The Kier molecular flexibility index (Phi) is 5.06. The number of halogens is 1. The van der Waals surface area contributed by atoms with Crippen LogP contribution in [-0.2, 0) is 10.0 Å². The van der Waals surface area contributed by atoms with Gasteiger partial charge in [-0.3, -0.25) is 4.79 Å². The second kappa shape index (κ2) is 7.29. The van der Waals surface area contributed by atoms with Crippen molar-refractivity contribution >= 4 is 21.6 Å². The van der Waals surface area contributed by atoms with Crippen LogP contribution in [-0.4, -0.2) is 42.5 Å². The molecule has 0 fully saturated rings. The fourth-order valence-corrected chi connectivity index (χ4v) is 3.26. The predicted octanol–water partition coefficient (Wildman–Crippen LogP) is 2.51. The van der Waals surface area contributed by atoms with Crippen molar-refractivity contribution in [2.24, 2.45) is 0 Å². The number of amides is 1. The molecule has 0 aliphatic heterocycles. The third-order valence-corrected chi connectivity index (χ3v) is 5.64. The summed E-state index contributed by atoms with van der Waals surface area (Å²) in [5, 5.41) is 6.50. The average molecular weight is 388 g/mol. The van der Waals surface area contributed by atoms with Crippen LogP contribution in [0.1, 0.15) is 10.4 Å². The van der Waals surface area contributed by atoms with Crippen LogP contribution in [0.2, 0.25) is 0 Å². The number of carbonyl (C=O) groups is 1. The van der Waals surface area contributed by atoms with Crippen LogP contribution in [0.25, 0.3) is 5.69 Å². The Morgan fingerprint density at radius 1 is 1.15 bits per heavy atom. The number of aromatic nitrogens is 2. The summed E-state index contributed by atoms with van der Waals surface area (Å²) < 4.78 is 41.0. The van der Waals surface area contributed by atoms with Crippen LogP contribution >= 0.6 is 0 Å². The number of benzene rings is 2. The number of nitrogens with one attached hydrogen (secondary N) is 1. The molecular formula is C18H17FN4O3S. The van der Waals surface area contributed by atoms with E-state index >= 15 is 0 Å². The van der Waals surface area contributed by atoms with Crippen LogP contribution in [0.5, 0.6) is 0 Å². The van der Waals surface area contributed by atoms with E-state index in [4.69, 9.17) is 0 Å². The Bertz CT molecular complexity index is 1080. The third-order valence-electron chi connectivity index (χ3n) is 3.83. The SMILES string of the molecule is CN(C)S(=O)(=O)c1ccc(F)c(NC(=O)c2cnn(-c3ccccc3)c2)c1. The number of sulfonamides is 1. The van der Waals surface area contributed by atoms with Gasteiger partial charge in [0.25, 0.3) is 5.91 Å². The lowest BCUT2D eigenvalue weighted by atomic mass is 10.2. The van der Waals surface area contributed by atoms with E-state index in [1.54, 1.807) is 0 Å². The van der Waals surface area contributed by atoms with Crippen molar-refractivity contribution in [3.05, 3.63) is 72.3 Å². The van der Waals surface area contributed by atoms with Gasteiger partial charge in [-0.2, -0.15) is 5.10 Å². The zero-order valence-corrected chi connectivity index (χ0v) is 15.4. The third kappa shape index (κ3) is 3.88. The number of anilines is 1. The van der Waals surface area contributed by atoms with Crippen LogP contribution < -0.4 is 5.32 Å². The van der Waals surface area contributed by atoms with E-state index in [1.807, 2.05) is 30.3 Å². The highest BCUT2D eigenvalue weighted by Crippen LogP contribution is 2.22. The van der Waals surface area contributed by atoms with E-state index < -0.39 is 21.7 Å². The molecule has 0 atom stereocenters. The van der Waals surface area contributed by atoms with Gasteiger partial charge >= 0.3 is 0 Å². The van der Waals surface area contributed by atoms with Crippen molar-refractivity contribution in [1.29, 1.82) is 0 Å². The molecule has 27 heavy (non-hydrogen) atoms. The topological polar surface area (TPSA) is 84.3 Å². The first kappa shape index (κ1) is 18.7. The molecule has 1 aromatic heterocycles. The van der Waals surface area contributed by atoms with Gasteiger partial charge in [-0.1, -0.05) is 18.2 Å². The van der Waals surface area contributed by atoms with E-state index in [9.17, 15) is 17.6 Å². The van der Waals surface area contributed by atoms with Crippen molar-refractivity contribution < 1.29 is 17.6 Å². The van der Waals surface area contributed by atoms with E-state index in [-0.39, 0.29) is 16.1 Å². The first-order chi connectivity index (χ1) is 12.8. The molecule has 1 amide bonds. The van der Waals surface area contributed by atoms with Gasteiger partial charge in [-0.05, 0) is 30.3 Å². The van der Waals surface area contributed by atoms with E-state index in [0.29, 0.717) is 0 Å². The molecule has 3 aromatic rings. The average Bonchev–Trinajstić information content (AvgIpc) is 3.14. The highest BCUT2D eigenvalue weighted by atomic mass is 32.2. The maximum Gasteiger partial charge on any atom is 0.258 e. The molecule has 1 heterocycles. The minimum atomic E-state index is -3.75. The molecule has 3 rings (SSSR count). The molecule has 7 nitrogen and oxygen atoms in total. The highest BCUT2D eigenvalue weighted by Gasteiger charge is 2.20. The van der Waals surface area contributed by atoms with Gasteiger partial charge in [0.15, 0.2) is 0 Å². The minimum absolute atomic E-state index is 0.121. The number of rotatable bonds is 5. The zero-order valence-electron chi connectivity index (χ0n) is 14.6. The monoisotopic (exact) mass is 388 g/mol. The summed E-state index contributed by atoms with van der Waals surface area (Å²) in [6.07, 6.45) is 2.85. The maximum atomic E-state index is 14.1. The Labute approximate surface area is 156 Å². The van der Waals surface area contributed by atoms with Crippen molar-refractivity contribution in [2.45, 2.75) is 4.90 Å². The second-order valence-electron chi connectivity index (χ2n) is 5.89. The summed E-state index contributed by atoms with van der Waals surface area (Å²) in [5.41, 5.74) is 0.747. The number of para-hydroxylation sites is 1. The fraction of sp³-hybridized carbons (Fsp3) is 0.111. The molecule has 0 radical (unpaired) electrons. The van der Waals surface area contributed by atoms with E-state index in [2.05, 4.69) is 10.4 Å². The molecule has 0 aliphatic carbocycles. The van der Waals surface area contributed by atoms with Crippen LogP contribution in [0, 0.1) is 5.82 Å². The summed E-state index contributed by atoms with van der Waals surface area (Å²) in [4.78, 5) is 12.3. The molecule has 0 saturated heterocycles. The van der Waals surface area contributed by atoms with Gasteiger partial charge in [0, 0.05) is 20.3 Å². The Morgan fingerprint density at radius 3 is 2.52 bits per heavy atom. The summed E-state index contributed by atoms with van der Waals surface area (Å²) in [6.45, 7) is 0. The van der Waals surface area contributed by atoms with Crippen molar-refractivity contribution in [3.63, 3.8) is 0 Å². The smallest absolute Gasteiger partial charge is 0.258 e. The van der Waals surface area contributed by atoms with Gasteiger partial charge in [0.05, 0.1) is 28.0 Å². The van der Waals surface area contributed by atoms with Gasteiger partial charge in [0.2, 0.25) is 10.0 Å². The Morgan fingerprint density at radius 2 is 1.85 bits per heavy atom. The van der Waals surface area contributed by atoms with Crippen molar-refractivity contribution in [2.75, 3.05) is 19.4 Å². The lowest BCUT2D eigenvalue weighted by molar-refractivity contribution is 0.102. The molecule has 0 bridgehead atoms. The summed E-state index contributed by atoms with van der Waals surface area (Å²) in [6, 6.07) is 12.4. The van der Waals surface area contributed by atoms with Gasteiger partial charge in [-0.25, -0.2) is 21.8 Å². The van der Waals surface area contributed by atoms with Gasteiger partial charge < -0.3 is 5.32 Å². The maximum absolute atomic E-state index is 14.1. The lowest BCUT2D eigenvalue weighted by Crippen LogP contribution is -2.22. The normalized spacial score (nSPS) is 11.6. The molecule has 0 saturated carbocycles. The highest BCUT2D eigenvalue weighted by molar-refractivity contribution is 7.89. The second-order valence-corrected chi connectivity index (χ2v) is 8.04. The zero-order chi connectivity index (χ0) is 19.6. The lowest BCUT2D eigenvalue weighted by Gasteiger charge is -2.13. The van der Waals surface area contributed by atoms with Gasteiger partial charge in [0.1, 0.15) is 5.82 Å². The molecular weight excluding hydrogens is 371 g/mol. The summed E-state index contributed by atoms with van der Waals surface area (Å²) in [5.74, 6) is -1.34. The number of hydrogen-bond donors (Lipinski definition) is 1. The number of nitrogens with zero attached hydrogens (tertiary/aromatic N) is 3. The van der Waals surface area contributed by atoms with Gasteiger partial charge in [-0.15, -0.1) is 0 Å². The quantitative estimate of drug-likeness (QED) is 0.728. The van der Waals surface area contributed by atoms with E-state index in [0.717, 1.165) is 28.2 Å². The van der Waals surface area contributed by atoms with Crippen LogP contribution in [0.4, 0.5) is 10.1 Å². The van der Waals surface area contributed by atoms with Crippen molar-refractivity contribution in [3.8, 4) is 5.69 Å². The predicted molar refractivity (Wildman–Crippen MR) is 98.8 cm³/mol. The Hall–Kier alpha value is -3.04. The summed E-state index contributed by atoms with van der Waals surface area (Å²) >= 11 is 0. The summed E-state index contributed by atoms with van der Waals surface area (Å²) in [7, 11) is -1.01.